The van der Waals surface area contributed by atoms with Crippen molar-refractivity contribution in [2.24, 2.45) is 0 Å². The van der Waals surface area contributed by atoms with Gasteiger partial charge in [-0.05, 0) is 54.9 Å². The molecule has 3 nitrogen and oxygen atoms in total. The van der Waals surface area contributed by atoms with Crippen molar-refractivity contribution in [3.05, 3.63) is 53.9 Å². The summed E-state index contributed by atoms with van der Waals surface area (Å²) in [7, 11) is 4.18. The number of ether oxygens (including phenoxy) is 1. The van der Waals surface area contributed by atoms with E-state index in [-0.39, 0.29) is 6.10 Å². The van der Waals surface area contributed by atoms with E-state index in [1.54, 1.807) is 0 Å². The molecule has 2 aromatic rings. The van der Waals surface area contributed by atoms with Crippen LogP contribution < -0.4 is 0 Å². The number of hydrogen-bond acceptors (Lipinski definition) is 3. The predicted octanol–water partition coefficient (Wildman–Crippen LogP) is 2.92. The highest BCUT2D eigenvalue weighted by Crippen LogP contribution is 2.34. The molecule has 1 atom stereocenters. The van der Waals surface area contributed by atoms with Crippen LogP contribution in [0.15, 0.2) is 42.7 Å². The zero-order chi connectivity index (χ0) is 13.9. The van der Waals surface area contributed by atoms with Crippen LogP contribution in [0.2, 0.25) is 0 Å². The Morgan fingerprint density at radius 2 is 2.00 bits per heavy atom. The largest absolute Gasteiger partial charge is 0.372 e. The highest BCUT2D eigenvalue weighted by molar-refractivity contribution is 5.69. The van der Waals surface area contributed by atoms with E-state index in [0.29, 0.717) is 0 Å². The van der Waals surface area contributed by atoms with Crippen molar-refractivity contribution in [2.75, 3.05) is 27.2 Å². The maximum Gasteiger partial charge on any atom is 0.0954 e. The summed E-state index contributed by atoms with van der Waals surface area (Å²) in [5.74, 6) is 0. The highest BCUT2D eigenvalue weighted by atomic mass is 16.5. The molecule has 0 saturated carbocycles. The maximum absolute atomic E-state index is 5.95. The normalized spacial score (nSPS) is 18.1. The van der Waals surface area contributed by atoms with Gasteiger partial charge in [0.1, 0.15) is 0 Å². The molecule has 0 fully saturated rings. The van der Waals surface area contributed by atoms with Crippen LogP contribution in [0.5, 0.6) is 0 Å². The van der Waals surface area contributed by atoms with Crippen molar-refractivity contribution < 1.29 is 4.74 Å². The quantitative estimate of drug-likeness (QED) is 0.856. The third kappa shape index (κ3) is 2.60. The van der Waals surface area contributed by atoms with Crippen molar-refractivity contribution in [1.29, 1.82) is 0 Å². The van der Waals surface area contributed by atoms with Gasteiger partial charge in [-0.15, -0.1) is 0 Å². The number of nitrogens with zero attached hydrogens (tertiary/aromatic N) is 2. The minimum absolute atomic E-state index is 0.176. The molecule has 0 bridgehead atoms. The van der Waals surface area contributed by atoms with Crippen LogP contribution >= 0.6 is 0 Å². The van der Waals surface area contributed by atoms with Gasteiger partial charge in [-0.1, -0.05) is 18.2 Å². The molecule has 2 heterocycles. The molecule has 104 valence electrons. The monoisotopic (exact) mass is 268 g/mol. The molecule has 0 radical (unpaired) electrons. The van der Waals surface area contributed by atoms with Crippen molar-refractivity contribution in [3.8, 4) is 11.1 Å². The fourth-order valence-electron chi connectivity index (χ4n) is 2.86. The Kier molecular flexibility index (Phi) is 3.81. The Balaban J connectivity index is 2.03. The molecule has 1 aromatic heterocycles. The lowest BCUT2D eigenvalue weighted by atomic mass is 9.90. The van der Waals surface area contributed by atoms with Crippen molar-refractivity contribution in [2.45, 2.75) is 12.5 Å². The lowest BCUT2D eigenvalue weighted by Crippen LogP contribution is -2.27. The number of fused-ring (bicyclic) bond motifs is 1. The first kappa shape index (κ1) is 13.3. The molecule has 0 spiro atoms. The molecule has 3 heteroatoms. The van der Waals surface area contributed by atoms with Gasteiger partial charge in [-0.3, -0.25) is 4.98 Å². The molecule has 0 saturated heterocycles. The van der Waals surface area contributed by atoms with Gasteiger partial charge < -0.3 is 9.64 Å². The topological polar surface area (TPSA) is 25.4 Å². The summed E-state index contributed by atoms with van der Waals surface area (Å²) in [6.45, 7) is 1.72. The molecule has 3 rings (SSSR count). The van der Waals surface area contributed by atoms with Gasteiger partial charge >= 0.3 is 0 Å². The van der Waals surface area contributed by atoms with Crippen LogP contribution in [0.3, 0.4) is 0 Å². The maximum atomic E-state index is 5.95. The van der Waals surface area contributed by atoms with E-state index in [1.165, 1.54) is 22.3 Å². The van der Waals surface area contributed by atoms with Crippen molar-refractivity contribution in [1.82, 2.24) is 9.88 Å². The molecule has 0 unspecified atom stereocenters. The van der Waals surface area contributed by atoms with E-state index in [0.717, 1.165) is 19.6 Å². The third-order valence-electron chi connectivity index (χ3n) is 3.75. The van der Waals surface area contributed by atoms with E-state index in [1.807, 2.05) is 12.4 Å². The first-order chi connectivity index (χ1) is 9.75. The third-order valence-corrected chi connectivity index (χ3v) is 3.75. The molecule has 20 heavy (non-hydrogen) atoms. The highest BCUT2D eigenvalue weighted by Gasteiger charge is 2.23. The predicted molar refractivity (Wildman–Crippen MR) is 80.6 cm³/mol. The smallest absolute Gasteiger partial charge is 0.0954 e. The van der Waals surface area contributed by atoms with Gasteiger partial charge in [0, 0.05) is 18.9 Å². The average Bonchev–Trinajstić information content (AvgIpc) is 2.47. The van der Waals surface area contributed by atoms with E-state index >= 15 is 0 Å². The number of aromatic nitrogens is 1. The lowest BCUT2D eigenvalue weighted by Gasteiger charge is -2.29. The molecule has 0 N–H and O–H groups in total. The lowest BCUT2D eigenvalue weighted by molar-refractivity contribution is 0.0256. The molecule has 0 amide bonds. The van der Waals surface area contributed by atoms with Gasteiger partial charge in [-0.25, -0.2) is 0 Å². The number of hydrogen-bond donors (Lipinski definition) is 0. The second kappa shape index (κ2) is 5.73. The average molecular weight is 268 g/mol. The first-order valence-electron chi connectivity index (χ1n) is 7.04. The zero-order valence-corrected chi connectivity index (χ0v) is 12.0. The molecule has 1 aromatic carbocycles. The Morgan fingerprint density at radius 3 is 2.75 bits per heavy atom. The fraction of sp³-hybridized carbons (Fsp3) is 0.353. The summed E-state index contributed by atoms with van der Waals surface area (Å²) in [5.41, 5.74) is 5.32. The standard InChI is InChI=1S/C17H20N2O/c1-19(2)12-17-16-5-3-4-14(15(16)8-11-20-17)13-6-9-18-10-7-13/h3-7,9-10,17H,8,11-12H2,1-2H3/t17-/m0/s1. The van der Waals surface area contributed by atoms with Crippen LogP contribution in [0, 0.1) is 0 Å². The summed E-state index contributed by atoms with van der Waals surface area (Å²) in [6.07, 6.45) is 4.87. The van der Waals surface area contributed by atoms with Gasteiger partial charge in [0.2, 0.25) is 0 Å². The number of pyridine rings is 1. The summed E-state index contributed by atoms with van der Waals surface area (Å²) < 4.78 is 5.95. The molecule has 1 aliphatic heterocycles. The van der Waals surface area contributed by atoms with Gasteiger partial charge in [0.25, 0.3) is 0 Å². The van der Waals surface area contributed by atoms with E-state index in [2.05, 4.69) is 54.3 Å². The van der Waals surface area contributed by atoms with E-state index in [9.17, 15) is 0 Å². The Bertz CT molecular complexity index is 581. The Hall–Kier alpha value is -1.71. The van der Waals surface area contributed by atoms with Gasteiger partial charge in [0.05, 0.1) is 12.7 Å². The molecular formula is C17H20N2O. The second-order valence-electron chi connectivity index (χ2n) is 5.48. The van der Waals surface area contributed by atoms with E-state index < -0.39 is 0 Å². The van der Waals surface area contributed by atoms with Crippen LogP contribution in [-0.4, -0.2) is 37.1 Å². The number of likely N-dealkylation sites (N-methyl/N-ethyl adjacent to an activating group) is 1. The van der Waals surface area contributed by atoms with Crippen LogP contribution in [0.25, 0.3) is 11.1 Å². The second-order valence-corrected chi connectivity index (χ2v) is 5.48. The first-order valence-corrected chi connectivity index (χ1v) is 7.04. The summed E-state index contributed by atoms with van der Waals surface area (Å²) >= 11 is 0. The summed E-state index contributed by atoms with van der Waals surface area (Å²) in [6, 6.07) is 10.7. The van der Waals surface area contributed by atoms with Gasteiger partial charge in [0.15, 0.2) is 0 Å². The molecule has 1 aliphatic rings. The minimum atomic E-state index is 0.176. The SMILES string of the molecule is CN(C)C[C@@H]1OCCc2c(-c3ccncc3)cccc21. The fourth-order valence-corrected chi connectivity index (χ4v) is 2.86. The zero-order valence-electron chi connectivity index (χ0n) is 12.0. The van der Waals surface area contributed by atoms with Crippen LogP contribution in [0.4, 0.5) is 0 Å². The molecule has 0 aliphatic carbocycles. The summed E-state index contributed by atoms with van der Waals surface area (Å²) in [4.78, 5) is 6.29. The van der Waals surface area contributed by atoms with E-state index in [4.69, 9.17) is 4.74 Å². The van der Waals surface area contributed by atoms with Crippen molar-refractivity contribution in [3.63, 3.8) is 0 Å². The Morgan fingerprint density at radius 1 is 1.20 bits per heavy atom. The number of rotatable bonds is 3. The summed E-state index contributed by atoms with van der Waals surface area (Å²) in [5, 5.41) is 0. The van der Waals surface area contributed by atoms with Crippen molar-refractivity contribution >= 4 is 0 Å². The van der Waals surface area contributed by atoms with Crippen LogP contribution in [-0.2, 0) is 11.2 Å². The number of benzene rings is 1. The minimum Gasteiger partial charge on any atom is -0.372 e. The van der Waals surface area contributed by atoms with Crippen LogP contribution in [0.1, 0.15) is 17.2 Å². The Labute approximate surface area is 120 Å². The molecular weight excluding hydrogens is 248 g/mol. The van der Waals surface area contributed by atoms with Gasteiger partial charge in [-0.2, -0.15) is 0 Å².